The normalized spacial score (nSPS) is 18.5. The third kappa shape index (κ3) is 4.32. The summed E-state index contributed by atoms with van der Waals surface area (Å²) < 4.78 is 4.84. The van der Waals surface area contributed by atoms with Crippen LogP contribution in [-0.4, -0.2) is 61.3 Å². The smallest absolute Gasteiger partial charge is 0.303 e. The third-order valence-corrected chi connectivity index (χ3v) is 2.98. The molecule has 0 saturated carbocycles. The molecule has 1 rings (SSSR count). The first-order chi connectivity index (χ1) is 8.04. The van der Waals surface area contributed by atoms with Gasteiger partial charge >= 0.3 is 5.97 Å². The lowest BCUT2D eigenvalue weighted by Crippen LogP contribution is -2.56. The highest BCUT2D eigenvalue weighted by Gasteiger charge is 2.34. The van der Waals surface area contributed by atoms with Gasteiger partial charge in [-0.05, 0) is 12.8 Å². The van der Waals surface area contributed by atoms with E-state index in [2.05, 4.69) is 5.32 Å². The average Bonchev–Trinajstić information content (AvgIpc) is 2.21. The number of carboxylic acid groups (broad SMARTS) is 1. The Morgan fingerprint density at radius 1 is 1.53 bits per heavy atom. The molecule has 0 aromatic rings. The molecule has 1 saturated heterocycles. The van der Waals surface area contributed by atoms with Crippen molar-refractivity contribution < 1.29 is 19.4 Å². The summed E-state index contributed by atoms with van der Waals surface area (Å²) in [6, 6.07) is -0.197. The topological polar surface area (TPSA) is 78.9 Å². The van der Waals surface area contributed by atoms with Crippen LogP contribution in [0.2, 0.25) is 0 Å². The Labute approximate surface area is 101 Å². The molecular formula is C11H20N2O4. The molecule has 98 valence electrons. The quantitative estimate of drug-likeness (QED) is 0.593. The summed E-state index contributed by atoms with van der Waals surface area (Å²) in [4.78, 5) is 24.1. The van der Waals surface area contributed by atoms with Gasteiger partial charge in [-0.3, -0.25) is 14.5 Å². The standard InChI is InChI=1S/C11H20N2O4/c1-8(11(16)12-3-4-17-2)13-6-9(7-13)5-10(14)15/h8-9H,3-7H2,1-2H3,(H,12,16)(H,14,15). The molecule has 0 aliphatic carbocycles. The number of carbonyl (C=O) groups excluding carboxylic acids is 1. The van der Waals surface area contributed by atoms with E-state index in [-0.39, 0.29) is 24.3 Å². The van der Waals surface area contributed by atoms with Gasteiger partial charge in [0.1, 0.15) is 0 Å². The van der Waals surface area contributed by atoms with Crippen LogP contribution in [-0.2, 0) is 14.3 Å². The highest BCUT2D eigenvalue weighted by Crippen LogP contribution is 2.21. The molecule has 0 aromatic heterocycles. The van der Waals surface area contributed by atoms with Crippen molar-refractivity contribution in [3.05, 3.63) is 0 Å². The Bertz CT molecular complexity index is 277. The first kappa shape index (κ1) is 13.9. The molecule has 6 nitrogen and oxygen atoms in total. The lowest BCUT2D eigenvalue weighted by Gasteiger charge is -2.41. The van der Waals surface area contributed by atoms with Gasteiger partial charge in [0.05, 0.1) is 19.1 Å². The summed E-state index contributed by atoms with van der Waals surface area (Å²) >= 11 is 0. The van der Waals surface area contributed by atoms with Crippen molar-refractivity contribution in [3.63, 3.8) is 0 Å². The maximum absolute atomic E-state index is 11.7. The molecule has 0 radical (unpaired) electrons. The molecule has 0 bridgehead atoms. The SMILES string of the molecule is COCCNC(=O)C(C)N1CC(CC(=O)O)C1. The van der Waals surface area contributed by atoms with Crippen molar-refractivity contribution in [2.45, 2.75) is 19.4 Å². The van der Waals surface area contributed by atoms with Crippen LogP contribution in [0.5, 0.6) is 0 Å². The second-order valence-electron chi connectivity index (χ2n) is 4.38. The number of carboxylic acids is 1. The number of hydrogen-bond acceptors (Lipinski definition) is 4. The Morgan fingerprint density at radius 3 is 2.71 bits per heavy atom. The number of nitrogens with zero attached hydrogens (tertiary/aromatic N) is 1. The number of aliphatic carboxylic acids is 1. The number of ether oxygens (including phenoxy) is 1. The van der Waals surface area contributed by atoms with E-state index < -0.39 is 5.97 Å². The number of carbonyl (C=O) groups is 2. The largest absolute Gasteiger partial charge is 0.481 e. The van der Waals surface area contributed by atoms with Crippen LogP contribution in [0.4, 0.5) is 0 Å². The highest BCUT2D eigenvalue weighted by molar-refractivity contribution is 5.81. The fraction of sp³-hybridized carbons (Fsp3) is 0.818. The van der Waals surface area contributed by atoms with E-state index in [0.717, 1.165) is 0 Å². The molecule has 0 aromatic carbocycles. The van der Waals surface area contributed by atoms with Gasteiger partial charge in [-0.1, -0.05) is 0 Å². The van der Waals surface area contributed by atoms with Gasteiger partial charge in [0.25, 0.3) is 0 Å². The van der Waals surface area contributed by atoms with Crippen molar-refractivity contribution in [1.29, 1.82) is 0 Å². The number of methoxy groups -OCH3 is 1. The van der Waals surface area contributed by atoms with E-state index in [4.69, 9.17) is 9.84 Å². The minimum Gasteiger partial charge on any atom is -0.481 e. The van der Waals surface area contributed by atoms with Gasteiger partial charge in [-0.2, -0.15) is 0 Å². The Morgan fingerprint density at radius 2 is 2.18 bits per heavy atom. The van der Waals surface area contributed by atoms with Crippen LogP contribution < -0.4 is 5.32 Å². The zero-order chi connectivity index (χ0) is 12.8. The van der Waals surface area contributed by atoms with Gasteiger partial charge in [-0.25, -0.2) is 0 Å². The minimum absolute atomic E-state index is 0.0316. The fourth-order valence-electron chi connectivity index (χ4n) is 1.89. The average molecular weight is 244 g/mol. The van der Waals surface area contributed by atoms with Gasteiger partial charge < -0.3 is 15.2 Å². The zero-order valence-electron chi connectivity index (χ0n) is 10.3. The van der Waals surface area contributed by atoms with Crippen molar-refractivity contribution in [2.75, 3.05) is 33.4 Å². The lowest BCUT2D eigenvalue weighted by molar-refractivity contribution is -0.140. The third-order valence-electron chi connectivity index (χ3n) is 2.98. The zero-order valence-corrected chi connectivity index (χ0v) is 10.3. The molecular weight excluding hydrogens is 224 g/mol. The van der Waals surface area contributed by atoms with Crippen LogP contribution in [0.3, 0.4) is 0 Å². The summed E-state index contributed by atoms with van der Waals surface area (Å²) in [5.74, 6) is -0.621. The maximum Gasteiger partial charge on any atom is 0.303 e. The molecule has 1 fully saturated rings. The first-order valence-electron chi connectivity index (χ1n) is 5.77. The summed E-state index contributed by atoms with van der Waals surface area (Å²) in [5.41, 5.74) is 0. The molecule has 1 unspecified atom stereocenters. The molecule has 0 spiro atoms. The summed E-state index contributed by atoms with van der Waals surface area (Å²) in [6.07, 6.45) is 0.189. The van der Waals surface area contributed by atoms with E-state index in [1.165, 1.54) is 0 Å². The number of amides is 1. The van der Waals surface area contributed by atoms with Gasteiger partial charge in [0.15, 0.2) is 0 Å². The van der Waals surface area contributed by atoms with Crippen LogP contribution in [0.1, 0.15) is 13.3 Å². The maximum atomic E-state index is 11.7. The van der Waals surface area contributed by atoms with Crippen LogP contribution >= 0.6 is 0 Å². The molecule has 17 heavy (non-hydrogen) atoms. The van der Waals surface area contributed by atoms with Crippen LogP contribution in [0, 0.1) is 5.92 Å². The minimum atomic E-state index is -0.771. The van der Waals surface area contributed by atoms with Crippen molar-refractivity contribution in [3.8, 4) is 0 Å². The summed E-state index contributed by atoms with van der Waals surface area (Å²) in [7, 11) is 1.58. The summed E-state index contributed by atoms with van der Waals surface area (Å²) in [6.45, 7) is 4.21. The number of hydrogen-bond donors (Lipinski definition) is 2. The molecule has 6 heteroatoms. The Kier molecular flexibility index (Phi) is 5.37. The number of rotatable bonds is 7. The van der Waals surface area contributed by atoms with Gasteiger partial charge in [0, 0.05) is 26.7 Å². The van der Waals surface area contributed by atoms with E-state index in [1.807, 2.05) is 11.8 Å². The van der Waals surface area contributed by atoms with Gasteiger partial charge in [0.2, 0.25) is 5.91 Å². The molecule has 1 aliphatic heterocycles. The van der Waals surface area contributed by atoms with E-state index >= 15 is 0 Å². The number of likely N-dealkylation sites (tertiary alicyclic amines) is 1. The second-order valence-corrected chi connectivity index (χ2v) is 4.38. The highest BCUT2D eigenvalue weighted by atomic mass is 16.5. The Balaban J connectivity index is 2.19. The molecule has 1 amide bonds. The monoisotopic (exact) mass is 244 g/mol. The van der Waals surface area contributed by atoms with Crippen molar-refractivity contribution in [1.82, 2.24) is 10.2 Å². The molecule has 1 heterocycles. The predicted octanol–water partition coefficient (Wildman–Crippen LogP) is -0.456. The van der Waals surface area contributed by atoms with Crippen molar-refractivity contribution in [2.24, 2.45) is 5.92 Å². The molecule has 1 atom stereocenters. The van der Waals surface area contributed by atoms with Crippen molar-refractivity contribution >= 4 is 11.9 Å². The molecule has 2 N–H and O–H groups in total. The van der Waals surface area contributed by atoms with E-state index in [0.29, 0.717) is 26.2 Å². The molecule has 1 aliphatic rings. The Hall–Kier alpha value is -1.14. The first-order valence-corrected chi connectivity index (χ1v) is 5.77. The van der Waals surface area contributed by atoms with Gasteiger partial charge in [-0.15, -0.1) is 0 Å². The van der Waals surface area contributed by atoms with Crippen LogP contribution in [0.25, 0.3) is 0 Å². The van der Waals surface area contributed by atoms with Crippen LogP contribution in [0.15, 0.2) is 0 Å². The lowest BCUT2D eigenvalue weighted by atomic mass is 9.94. The predicted molar refractivity (Wildman–Crippen MR) is 61.7 cm³/mol. The number of nitrogens with one attached hydrogen (secondary N) is 1. The van der Waals surface area contributed by atoms with E-state index in [9.17, 15) is 9.59 Å². The second kappa shape index (κ2) is 6.56. The van der Waals surface area contributed by atoms with E-state index in [1.54, 1.807) is 7.11 Å². The summed E-state index contributed by atoms with van der Waals surface area (Å²) in [5, 5.41) is 11.4. The fourth-order valence-corrected chi connectivity index (χ4v) is 1.89.